The molecule has 20 heavy (non-hydrogen) atoms. The molecule has 1 aromatic heterocycles. The highest BCUT2D eigenvalue weighted by Crippen LogP contribution is 2.16. The number of hydrogen-bond acceptors (Lipinski definition) is 3. The topological polar surface area (TPSA) is 66.4 Å². The van der Waals surface area contributed by atoms with Crippen molar-refractivity contribution in [2.24, 2.45) is 0 Å². The van der Waals surface area contributed by atoms with Gasteiger partial charge in [0.25, 0.3) is 5.91 Å². The number of carboxylic acids is 1. The van der Waals surface area contributed by atoms with Crippen LogP contribution < -0.4 is 5.32 Å². The third kappa shape index (κ3) is 4.04. The highest BCUT2D eigenvalue weighted by molar-refractivity contribution is 14.1. The fraction of sp³-hybridized carbons (Fsp3) is 0.143. The van der Waals surface area contributed by atoms with Gasteiger partial charge in [-0.3, -0.25) is 4.79 Å². The van der Waals surface area contributed by atoms with Crippen molar-refractivity contribution in [1.29, 1.82) is 0 Å². The molecule has 4 nitrogen and oxygen atoms in total. The summed E-state index contributed by atoms with van der Waals surface area (Å²) in [6.07, 6.45) is 0.605. The number of benzene rings is 1. The first-order chi connectivity index (χ1) is 9.56. The average molecular weight is 401 g/mol. The van der Waals surface area contributed by atoms with Gasteiger partial charge in [0.15, 0.2) is 0 Å². The molecular formula is C14H12INO3S. The predicted octanol–water partition coefficient (Wildman–Crippen LogP) is 3.02. The lowest BCUT2D eigenvalue weighted by molar-refractivity contribution is 0.0696. The van der Waals surface area contributed by atoms with Crippen LogP contribution in [0.15, 0.2) is 35.7 Å². The van der Waals surface area contributed by atoms with Gasteiger partial charge in [0, 0.05) is 11.9 Å². The summed E-state index contributed by atoms with van der Waals surface area (Å²) in [5.74, 6) is -1.04. The van der Waals surface area contributed by atoms with Gasteiger partial charge >= 0.3 is 5.97 Å². The molecular weight excluding hydrogens is 389 g/mol. The number of nitrogens with one attached hydrogen (secondary N) is 1. The summed E-state index contributed by atoms with van der Waals surface area (Å²) < 4.78 is 1.07. The van der Waals surface area contributed by atoms with Crippen molar-refractivity contribution < 1.29 is 14.7 Å². The van der Waals surface area contributed by atoms with Gasteiger partial charge in [-0.25, -0.2) is 4.79 Å². The van der Waals surface area contributed by atoms with Gasteiger partial charge < -0.3 is 10.4 Å². The first-order valence-electron chi connectivity index (χ1n) is 5.91. The minimum Gasteiger partial charge on any atom is -0.478 e. The number of carbonyl (C=O) groups is 2. The molecule has 0 aliphatic carbocycles. The van der Waals surface area contributed by atoms with E-state index in [1.807, 2.05) is 17.5 Å². The number of carbonyl (C=O) groups excluding carboxylic acids is 1. The second kappa shape index (κ2) is 6.85. The smallest absolute Gasteiger partial charge is 0.335 e. The molecule has 0 spiro atoms. The molecule has 0 saturated carbocycles. The second-order valence-electron chi connectivity index (χ2n) is 4.15. The number of hydrogen-bond donors (Lipinski definition) is 2. The Balaban J connectivity index is 1.88. The van der Waals surface area contributed by atoms with Gasteiger partial charge in [-0.05, 0) is 52.8 Å². The molecule has 0 fully saturated rings. The summed E-state index contributed by atoms with van der Waals surface area (Å²) in [4.78, 5) is 22.7. The largest absolute Gasteiger partial charge is 0.478 e. The van der Waals surface area contributed by atoms with Crippen LogP contribution in [0, 0.1) is 2.88 Å². The Morgan fingerprint density at radius 2 is 2.05 bits per heavy atom. The minimum absolute atomic E-state index is 0.0986. The van der Waals surface area contributed by atoms with Gasteiger partial charge in [0.1, 0.15) is 0 Å². The van der Waals surface area contributed by atoms with Gasteiger partial charge in [0.05, 0.1) is 14.0 Å². The molecule has 2 aromatic rings. The molecule has 2 rings (SSSR count). The summed E-state index contributed by atoms with van der Waals surface area (Å²) in [5.41, 5.74) is 1.82. The maximum atomic E-state index is 11.8. The SMILES string of the molecule is O=C(O)c1cccc(CCNC(=O)c2csc(I)c2)c1. The maximum Gasteiger partial charge on any atom is 0.335 e. The Bertz CT molecular complexity index is 639. The van der Waals surface area contributed by atoms with Crippen molar-refractivity contribution in [2.45, 2.75) is 6.42 Å². The molecule has 104 valence electrons. The van der Waals surface area contributed by atoms with E-state index in [1.165, 1.54) is 11.3 Å². The molecule has 2 N–H and O–H groups in total. The van der Waals surface area contributed by atoms with Gasteiger partial charge in [-0.1, -0.05) is 12.1 Å². The van der Waals surface area contributed by atoms with E-state index in [1.54, 1.807) is 18.2 Å². The van der Waals surface area contributed by atoms with E-state index in [2.05, 4.69) is 27.9 Å². The molecule has 1 heterocycles. The molecule has 0 unspecified atom stereocenters. The highest BCUT2D eigenvalue weighted by atomic mass is 127. The highest BCUT2D eigenvalue weighted by Gasteiger charge is 2.07. The Hall–Kier alpha value is -1.41. The van der Waals surface area contributed by atoms with Crippen LogP contribution in [0.1, 0.15) is 26.3 Å². The Labute approximate surface area is 134 Å². The zero-order valence-electron chi connectivity index (χ0n) is 10.4. The predicted molar refractivity (Wildman–Crippen MR) is 86.5 cm³/mol. The van der Waals surface area contributed by atoms with E-state index in [0.717, 1.165) is 8.45 Å². The molecule has 0 aliphatic rings. The molecule has 1 amide bonds. The molecule has 0 atom stereocenters. The lowest BCUT2D eigenvalue weighted by Gasteiger charge is -2.05. The normalized spacial score (nSPS) is 10.2. The number of carboxylic acid groups (broad SMARTS) is 1. The van der Waals surface area contributed by atoms with Gasteiger partial charge in [-0.15, -0.1) is 11.3 Å². The van der Waals surface area contributed by atoms with Crippen LogP contribution in [0.2, 0.25) is 0 Å². The van der Waals surface area contributed by atoms with Crippen molar-refractivity contribution in [1.82, 2.24) is 5.32 Å². The van der Waals surface area contributed by atoms with E-state index in [4.69, 9.17) is 5.11 Å². The molecule has 1 aromatic carbocycles. The number of rotatable bonds is 5. The zero-order chi connectivity index (χ0) is 14.5. The van der Waals surface area contributed by atoms with Crippen LogP contribution in [0.3, 0.4) is 0 Å². The fourth-order valence-corrected chi connectivity index (χ4v) is 3.04. The van der Waals surface area contributed by atoms with Crippen LogP contribution in [0.5, 0.6) is 0 Å². The van der Waals surface area contributed by atoms with E-state index >= 15 is 0 Å². The van der Waals surface area contributed by atoms with Crippen LogP contribution >= 0.6 is 33.9 Å². The molecule has 0 bridgehead atoms. The number of amides is 1. The summed E-state index contributed by atoms with van der Waals surface area (Å²) in [6.45, 7) is 0.480. The van der Waals surface area contributed by atoms with E-state index in [0.29, 0.717) is 18.5 Å². The fourth-order valence-electron chi connectivity index (χ4n) is 1.71. The van der Waals surface area contributed by atoms with E-state index in [-0.39, 0.29) is 11.5 Å². The summed E-state index contributed by atoms with van der Waals surface area (Å²) >= 11 is 3.70. The minimum atomic E-state index is -0.941. The zero-order valence-corrected chi connectivity index (χ0v) is 13.4. The van der Waals surface area contributed by atoms with Crippen molar-refractivity contribution in [3.63, 3.8) is 0 Å². The first-order valence-corrected chi connectivity index (χ1v) is 7.86. The first kappa shape index (κ1) is 15.0. The van der Waals surface area contributed by atoms with Crippen LogP contribution in [0.25, 0.3) is 0 Å². The number of halogens is 1. The molecule has 0 radical (unpaired) electrons. The Morgan fingerprint density at radius 1 is 1.25 bits per heavy atom. The van der Waals surface area contributed by atoms with Gasteiger partial charge in [0.2, 0.25) is 0 Å². The third-order valence-corrected chi connectivity index (χ3v) is 4.49. The lowest BCUT2D eigenvalue weighted by atomic mass is 10.1. The quantitative estimate of drug-likeness (QED) is 0.758. The number of thiophene rings is 1. The maximum absolute atomic E-state index is 11.8. The second-order valence-corrected chi connectivity index (χ2v) is 6.96. The third-order valence-electron chi connectivity index (χ3n) is 2.70. The van der Waals surface area contributed by atoms with Crippen molar-refractivity contribution in [3.05, 3.63) is 55.3 Å². The Kier molecular flexibility index (Phi) is 5.13. The van der Waals surface area contributed by atoms with Gasteiger partial charge in [-0.2, -0.15) is 0 Å². The van der Waals surface area contributed by atoms with Crippen molar-refractivity contribution in [2.75, 3.05) is 6.54 Å². The average Bonchev–Trinajstić information content (AvgIpc) is 2.86. The summed E-state index contributed by atoms with van der Waals surface area (Å²) in [7, 11) is 0. The van der Waals surface area contributed by atoms with Crippen LogP contribution in [-0.2, 0) is 6.42 Å². The Morgan fingerprint density at radius 3 is 2.70 bits per heavy atom. The van der Waals surface area contributed by atoms with Crippen LogP contribution in [-0.4, -0.2) is 23.5 Å². The van der Waals surface area contributed by atoms with Crippen molar-refractivity contribution in [3.8, 4) is 0 Å². The van der Waals surface area contributed by atoms with Crippen molar-refractivity contribution >= 4 is 45.8 Å². The summed E-state index contributed by atoms with van der Waals surface area (Å²) in [5, 5.41) is 13.6. The lowest BCUT2D eigenvalue weighted by Crippen LogP contribution is -2.25. The van der Waals surface area contributed by atoms with E-state index < -0.39 is 5.97 Å². The summed E-state index contributed by atoms with van der Waals surface area (Å²) in [6, 6.07) is 8.58. The monoisotopic (exact) mass is 401 g/mol. The molecule has 6 heteroatoms. The van der Waals surface area contributed by atoms with Crippen LogP contribution in [0.4, 0.5) is 0 Å². The standard InChI is InChI=1S/C14H12INO3S/c15-12-7-11(8-20-12)13(17)16-5-4-9-2-1-3-10(6-9)14(18)19/h1-3,6-8H,4-5H2,(H,16,17)(H,18,19). The molecule has 0 saturated heterocycles. The number of aromatic carboxylic acids is 1. The van der Waals surface area contributed by atoms with E-state index in [9.17, 15) is 9.59 Å². The molecule has 0 aliphatic heterocycles.